The largest absolute Gasteiger partial charge is 0.286 e. The minimum atomic E-state index is 0.136. The van der Waals surface area contributed by atoms with Crippen molar-refractivity contribution >= 4 is 11.9 Å². The lowest BCUT2D eigenvalue weighted by Crippen LogP contribution is -2.32. The van der Waals surface area contributed by atoms with Crippen molar-refractivity contribution in [1.29, 1.82) is 0 Å². The van der Waals surface area contributed by atoms with Crippen molar-refractivity contribution in [2.75, 3.05) is 0 Å². The van der Waals surface area contributed by atoms with E-state index in [0.717, 1.165) is 12.1 Å². The highest BCUT2D eigenvalue weighted by molar-refractivity contribution is 6.33. The lowest BCUT2D eigenvalue weighted by molar-refractivity contribution is 0.523. The third-order valence-electron chi connectivity index (χ3n) is 2.48. The van der Waals surface area contributed by atoms with Gasteiger partial charge in [-0.25, -0.2) is 0 Å². The van der Waals surface area contributed by atoms with Gasteiger partial charge < -0.3 is 0 Å². The predicted octanol–water partition coefficient (Wildman–Crippen LogP) is 2.73. The molecule has 0 saturated carbocycles. The Balaban J connectivity index is 2.85. The smallest absolute Gasteiger partial charge is 0.0721 e. The second-order valence-corrected chi connectivity index (χ2v) is 4.76. The van der Waals surface area contributed by atoms with E-state index >= 15 is 0 Å². The molecular weight excluding hydrogens is 160 g/mol. The standard InChI is InChI=1S/C11H20N2/c1-6-9-8(2)12-7-10(13-9)11(3,4)5/h7-9H,6H2,1-5H3. The van der Waals surface area contributed by atoms with E-state index in [9.17, 15) is 0 Å². The van der Waals surface area contributed by atoms with Crippen LogP contribution in [0.3, 0.4) is 0 Å². The second kappa shape index (κ2) is 3.60. The normalized spacial score (nSPS) is 28.8. The predicted molar refractivity (Wildman–Crippen MR) is 58.9 cm³/mol. The fourth-order valence-corrected chi connectivity index (χ4v) is 1.43. The third kappa shape index (κ3) is 2.39. The van der Waals surface area contributed by atoms with Gasteiger partial charge in [-0.3, -0.25) is 9.98 Å². The SMILES string of the molecule is CCC1N=C(C(C)(C)C)C=NC1C. The molecule has 1 aliphatic heterocycles. The Hall–Kier alpha value is -0.660. The summed E-state index contributed by atoms with van der Waals surface area (Å²) in [5.74, 6) is 0. The van der Waals surface area contributed by atoms with Crippen LogP contribution in [0.25, 0.3) is 0 Å². The zero-order chi connectivity index (χ0) is 10.1. The van der Waals surface area contributed by atoms with E-state index in [4.69, 9.17) is 4.99 Å². The van der Waals surface area contributed by atoms with E-state index in [1.165, 1.54) is 0 Å². The number of nitrogens with zero attached hydrogens (tertiary/aromatic N) is 2. The first-order valence-electron chi connectivity index (χ1n) is 5.06. The van der Waals surface area contributed by atoms with Gasteiger partial charge in [-0.15, -0.1) is 0 Å². The number of hydrogen-bond donors (Lipinski definition) is 0. The van der Waals surface area contributed by atoms with Gasteiger partial charge in [-0.2, -0.15) is 0 Å². The van der Waals surface area contributed by atoms with Crippen molar-refractivity contribution in [2.24, 2.45) is 15.4 Å². The molecule has 0 fully saturated rings. The van der Waals surface area contributed by atoms with Crippen LogP contribution in [0.15, 0.2) is 9.98 Å². The first kappa shape index (κ1) is 10.4. The lowest BCUT2D eigenvalue weighted by atomic mass is 9.89. The third-order valence-corrected chi connectivity index (χ3v) is 2.48. The monoisotopic (exact) mass is 180 g/mol. The summed E-state index contributed by atoms with van der Waals surface area (Å²) in [6.45, 7) is 10.8. The molecular formula is C11H20N2. The molecule has 1 heterocycles. The van der Waals surface area contributed by atoms with Crippen molar-refractivity contribution in [3.8, 4) is 0 Å². The number of rotatable bonds is 1. The molecule has 2 atom stereocenters. The van der Waals surface area contributed by atoms with E-state index in [1.807, 2.05) is 6.21 Å². The molecule has 0 amide bonds. The molecule has 0 N–H and O–H groups in total. The average molecular weight is 180 g/mol. The summed E-state index contributed by atoms with van der Waals surface area (Å²) < 4.78 is 0. The zero-order valence-electron chi connectivity index (χ0n) is 9.33. The maximum Gasteiger partial charge on any atom is 0.0721 e. The maximum absolute atomic E-state index is 4.72. The van der Waals surface area contributed by atoms with E-state index in [-0.39, 0.29) is 5.41 Å². The highest BCUT2D eigenvalue weighted by Crippen LogP contribution is 2.21. The maximum atomic E-state index is 4.72. The molecule has 2 unspecified atom stereocenters. The van der Waals surface area contributed by atoms with Gasteiger partial charge in [-0.1, -0.05) is 27.7 Å². The number of aliphatic imine (C=N–C) groups is 2. The van der Waals surface area contributed by atoms with Gasteiger partial charge in [0.25, 0.3) is 0 Å². The molecule has 0 aromatic carbocycles. The first-order chi connectivity index (χ1) is 5.95. The minimum Gasteiger partial charge on any atom is -0.286 e. The molecule has 2 heteroatoms. The fourth-order valence-electron chi connectivity index (χ4n) is 1.43. The van der Waals surface area contributed by atoms with Gasteiger partial charge in [0.05, 0.1) is 17.8 Å². The van der Waals surface area contributed by atoms with Gasteiger partial charge in [0.2, 0.25) is 0 Å². The average Bonchev–Trinajstić information content (AvgIpc) is 2.03. The topological polar surface area (TPSA) is 24.7 Å². The molecule has 0 aromatic heterocycles. The van der Waals surface area contributed by atoms with Crippen LogP contribution in [0.1, 0.15) is 41.0 Å². The molecule has 0 saturated heterocycles. The Morgan fingerprint density at radius 1 is 1.38 bits per heavy atom. The second-order valence-electron chi connectivity index (χ2n) is 4.76. The highest BCUT2D eigenvalue weighted by atomic mass is 15.0. The van der Waals surface area contributed by atoms with Gasteiger partial charge in [0, 0.05) is 11.6 Å². The van der Waals surface area contributed by atoms with Gasteiger partial charge in [-0.05, 0) is 13.3 Å². The molecule has 0 aromatic rings. The molecule has 1 aliphatic rings. The van der Waals surface area contributed by atoms with Crippen molar-refractivity contribution < 1.29 is 0 Å². The van der Waals surface area contributed by atoms with E-state index in [1.54, 1.807) is 0 Å². The van der Waals surface area contributed by atoms with Crippen LogP contribution < -0.4 is 0 Å². The molecule has 2 nitrogen and oxygen atoms in total. The summed E-state index contributed by atoms with van der Waals surface area (Å²) in [7, 11) is 0. The fraction of sp³-hybridized carbons (Fsp3) is 0.818. The summed E-state index contributed by atoms with van der Waals surface area (Å²) in [5, 5.41) is 0. The van der Waals surface area contributed by atoms with E-state index < -0.39 is 0 Å². The molecule has 0 spiro atoms. The molecule has 0 bridgehead atoms. The van der Waals surface area contributed by atoms with Gasteiger partial charge in [0.1, 0.15) is 0 Å². The summed E-state index contributed by atoms with van der Waals surface area (Å²) >= 11 is 0. The van der Waals surface area contributed by atoms with Crippen LogP contribution in [0.4, 0.5) is 0 Å². The Morgan fingerprint density at radius 3 is 2.46 bits per heavy atom. The molecule has 1 rings (SSSR count). The summed E-state index contributed by atoms with van der Waals surface area (Å²) in [6, 6.07) is 0.746. The highest BCUT2D eigenvalue weighted by Gasteiger charge is 2.24. The summed E-state index contributed by atoms with van der Waals surface area (Å²) in [6.07, 6.45) is 3.02. The minimum absolute atomic E-state index is 0.136. The van der Waals surface area contributed by atoms with Crippen LogP contribution in [0.2, 0.25) is 0 Å². The molecule has 0 radical (unpaired) electrons. The summed E-state index contributed by atoms with van der Waals surface area (Å²) in [5.41, 5.74) is 1.27. The zero-order valence-corrected chi connectivity index (χ0v) is 9.33. The van der Waals surface area contributed by atoms with Crippen molar-refractivity contribution in [1.82, 2.24) is 0 Å². The van der Waals surface area contributed by atoms with Gasteiger partial charge >= 0.3 is 0 Å². The molecule has 0 aliphatic carbocycles. The molecule has 13 heavy (non-hydrogen) atoms. The van der Waals surface area contributed by atoms with Crippen LogP contribution in [0, 0.1) is 5.41 Å². The Labute approximate surface area is 81.2 Å². The number of hydrogen-bond acceptors (Lipinski definition) is 2. The molecule has 74 valence electrons. The van der Waals surface area contributed by atoms with Gasteiger partial charge in [0.15, 0.2) is 0 Å². The quantitative estimate of drug-likeness (QED) is 0.593. The van der Waals surface area contributed by atoms with E-state index in [0.29, 0.717) is 12.1 Å². The van der Waals surface area contributed by atoms with Crippen LogP contribution in [0.5, 0.6) is 0 Å². The first-order valence-corrected chi connectivity index (χ1v) is 5.06. The van der Waals surface area contributed by atoms with Crippen molar-refractivity contribution in [2.45, 2.75) is 53.1 Å². The van der Waals surface area contributed by atoms with E-state index in [2.05, 4.69) is 39.6 Å². The van der Waals surface area contributed by atoms with Crippen LogP contribution >= 0.6 is 0 Å². The van der Waals surface area contributed by atoms with Crippen LogP contribution in [-0.4, -0.2) is 24.0 Å². The Kier molecular flexibility index (Phi) is 2.89. The Morgan fingerprint density at radius 2 is 2.00 bits per heavy atom. The Bertz CT molecular complexity index is 233. The summed E-state index contributed by atoms with van der Waals surface area (Å²) in [4.78, 5) is 9.19. The van der Waals surface area contributed by atoms with Crippen molar-refractivity contribution in [3.05, 3.63) is 0 Å². The van der Waals surface area contributed by atoms with Crippen molar-refractivity contribution in [3.63, 3.8) is 0 Å². The lowest BCUT2D eigenvalue weighted by Gasteiger charge is -2.26. The van der Waals surface area contributed by atoms with Crippen LogP contribution in [-0.2, 0) is 0 Å².